The number of pyridine rings is 2. The van der Waals surface area contributed by atoms with Crippen LogP contribution in [0.15, 0.2) is 110 Å². The Bertz CT molecular complexity index is 2210. The molecule has 2 fully saturated rings. The molecule has 2 aromatic carbocycles. The highest BCUT2D eigenvalue weighted by Gasteiger charge is 2.16. The van der Waals surface area contributed by atoms with Gasteiger partial charge in [-0.05, 0) is 86.9 Å². The molecule has 0 amide bonds. The zero-order valence-electron chi connectivity index (χ0n) is 29.5. The van der Waals surface area contributed by atoms with Crippen LogP contribution in [0.5, 0.6) is 0 Å². The van der Waals surface area contributed by atoms with Crippen molar-refractivity contribution in [1.29, 1.82) is 0 Å². The molecule has 5 aromatic heterocycles. The minimum Gasteiger partial charge on any atom is -0.369 e. The summed E-state index contributed by atoms with van der Waals surface area (Å²) in [6.07, 6.45) is 11.1. The van der Waals surface area contributed by atoms with Gasteiger partial charge >= 0.3 is 0 Å². The summed E-state index contributed by atoms with van der Waals surface area (Å²) in [5.41, 5.74) is 10.4. The van der Waals surface area contributed by atoms with Gasteiger partial charge in [0.1, 0.15) is 5.15 Å². The zero-order chi connectivity index (χ0) is 35.4. The lowest BCUT2D eigenvalue weighted by Crippen LogP contribution is -2.44. The van der Waals surface area contributed by atoms with Gasteiger partial charge in [-0.15, -0.1) is 0 Å². The Morgan fingerprint density at radius 2 is 1.10 bits per heavy atom. The second kappa shape index (κ2) is 15.0. The first-order valence-corrected chi connectivity index (χ1v) is 18.0. The summed E-state index contributed by atoms with van der Waals surface area (Å²) < 4.78 is 3.94. The van der Waals surface area contributed by atoms with E-state index in [0.717, 1.165) is 97.7 Å². The number of likely N-dealkylation sites (N-methyl/N-ethyl adjacent to an activating group) is 2. The van der Waals surface area contributed by atoms with Crippen molar-refractivity contribution in [3.63, 3.8) is 0 Å². The first-order valence-electron chi connectivity index (χ1n) is 17.7. The molecule has 2 aliphatic rings. The molecule has 0 bridgehead atoms. The van der Waals surface area contributed by atoms with Crippen molar-refractivity contribution in [2.45, 2.75) is 0 Å². The van der Waals surface area contributed by atoms with Gasteiger partial charge in [0.25, 0.3) is 0 Å². The Balaban J connectivity index is 0.000000151. The van der Waals surface area contributed by atoms with Gasteiger partial charge in [-0.1, -0.05) is 11.6 Å². The largest absolute Gasteiger partial charge is 0.369 e. The van der Waals surface area contributed by atoms with Crippen LogP contribution in [0.2, 0.25) is 5.15 Å². The van der Waals surface area contributed by atoms with Crippen molar-refractivity contribution in [2.75, 3.05) is 86.9 Å². The van der Waals surface area contributed by atoms with Crippen LogP contribution in [0, 0.1) is 0 Å². The van der Waals surface area contributed by atoms with E-state index in [1.165, 1.54) is 11.4 Å². The standard InChI is InChI=1S/C21H23N7.C18H20ClN5/c1-26-10-12-27(13-11-26)18-4-2-17(3-5-18)25-19-6-7-20(16-14-23-24-15-16)28-9-8-22-21(19)28;1-22-10-12-23(13-11-22)15-4-2-14(3-5-15)21-16-6-7-17(19)24-9-8-20-18(16)24/h2-9,14-15,25H,10-13H2,1H3,(H,23,24);2-9,21H,10-13H2,1H3. The molecule has 0 unspecified atom stereocenters. The molecule has 0 aliphatic carbocycles. The smallest absolute Gasteiger partial charge is 0.161 e. The third-order valence-corrected chi connectivity index (χ3v) is 10.2. The molecule has 2 saturated heterocycles. The fourth-order valence-corrected chi connectivity index (χ4v) is 6.97. The third-order valence-electron chi connectivity index (χ3n) is 9.87. The van der Waals surface area contributed by atoms with E-state index in [-0.39, 0.29) is 0 Å². The van der Waals surface area contributed by atoms with Gasteiger partial charge in [0.2, 0.25) is 0 Å². The van der Waals surface area contributed by atoms with Crippen LogP contribution in [0.1, 0.15) is 0 Å². The van der Waals surface area contributed by atoms with E-state index in [1.54, 1.807) is 6.20 Å². The molecule has 0 spiro atoms. The summed E-state index contributed by atoms with van der Waals surface area (Å²) in [5, 5.41) is 14.5. The topological polar surface area (TPSA) is 100 Å². The SMILES string of the molecule is CN1CCN(c2ccc(Nc3ccc(-c4cn[nH]c4)n4ccnc34)cc2)CC1.CN1CCN(c2ccc(Nc3ccc(Cl)n4ccnc34)cc2)CC1. The number of fused-ring (bicyclic) bond motifs is 2. The van der Waals surface area contributed by atoms with Crippen molar-refractivity contribution in [3.05, 3.63) is 115 Å². The third kappa shape index (κ3) is 7.26. The minimum absolute atomic E-state index is 0.651. The quantitative estimate of drug-likeness (QED) is 0.156. The molecule has 9 rings (SSSR count). The summed E-state index contributed by atoms with van der Waals surface area (Å²) in [7, 11) is 4.35. The van der Waals surface area contributed by atoms with Crippen molar-refractivity contribution in [2.24, 2.45) is 0 Å². The van der Waals surface area contributed by atoms with E-state index in [2.05, 4.69) is 130 Å². The number of anilines is 6. The number of aromatic nitrogens is 6. The van der Waals surface area contributed by atoms with Crippen LogP contribution in [-0.4, -0.2) is 105 Å². The molecule has 266 valence electrons. The Morgan fingerprint density at radius 1 is 0.596 bits per heavy atom. The van der Waals surface area contributed by atoms with Crippen LogP contribution in [0.3, 0.4) is 0 Å². The Labute approximate surface area is 308 Å². The number of piperazine rings is 2. The minimum atomic E-state index is 0.651. The maximum Gasteiger partial charge on any atom is 0.161 e. The number of benzene rings is 2. The van der Waals surface area contributed by atoms with Gasteiger partial charge in [0, 0.05) is 112 Å². The monoisotopic (exact) mass is 714 g/mol. The number of halogens is 1. The summed E-state index contributed by atoms with van der Waals surface area (Å²) >= 11 is 6.18. The first-order chi connectivity index (χ1) is 25.5. The van der Waals surface area contributed by atoms with Crippen molar-refractivity contribution in [1.82, 2.24) is 38.8 Å². The van der Waals surface area contributed by atoms with Gasteiger partial charge in [-0.2, -0.15) is 5.10 Å². The highest BCUT2D eigenvalue weighted by Crippen LogP contribution is 2.29. The summed E-state index contributed by atoms with van der Waals surface area (Å²) in [6.45, 7) is 8.76. The predicted molar refractivity (Wildman–Crippen MR) is 212 cm³/mol. The van der Waals surface area contributed by atoms with Gasteiger partial charge < -0.3 is 30.2 Å². The number of rotatable bonds is 7. The van der Waals surface area contributed by atoms with Gasteiger partial charge in [0.15, 0.2) is 11.3 Å². The van der Waals surface area contributed by atoms with E-state index in [4.69, 9.17) is 11.6 Å². The van der Waals surface area contributed by atoms with Crippen molar-refractivity contribution >= 4 is 57.0 Å². The number of imidazole rings is 2. The lowest BCUT2D eigenvalue weighted by molar-refractivity contribution is 0.313. The Kier molecular flexibility index (Phi) is 9.66. The highest BCUT2D eigenvalue weighted by molar-refractivity contribution is 6.29. The molecule has 3 N–H and O–H groups in total. The normalized spacial score (nSPS) is 15.5. The number of nitrogens with one attached hydrogen (secondary N) is 3. The van der Waals surface area contributed by atoms with E-state index in [9.17, 15) is 0 Å². The first kappa shape index (κ1) is 33.6. The molecular weight excluding hydrogens is 672 g/mol. The fourth-order valence-electron chi connectivity index (χ4n) is 6.77. The summed E-state index contributed by atoms with van der Waals surface area (Å²) in [4.78, 5) is 18.5. The Morgan fingerprint density at radius 3 is 1.62 bits per heavy atom. The molecule has 7 aromatic rings. The van der Waals surface area contributed by atoms with Crippen molar-refractivity contribution in [3.8, 4) is 11.3 Å². The summed E-state index contributed by atoms with van der Waals surface area (Å²) in [6, 6.07) is 25.2. The second-order valence-corrected chi connectivity index (χ2v) is 13.7. The number of hydrogen-bond donors (Lipinski definition) is 3. The molecule has 0 radical (unpaired) electrons. The van der Waals surface area contributed by atoms with Gasteiger partial charge in [0.05, 0.1) is 23.3 Å². The molecule has 52 heavy (non-hydrogen) atoms. The second-order valence-electron chi connectivity index (χ2n) is 13.4. The average Bonchev–Trinajstić information content (AvgIpc) is 3.99. The van der Waals surface area contributed by atoms with Gasteiger partial charge in [-0.3, -0.25) is 13.9 Å². The zero-order valence-corrected chi connectivity index (χ0v) is 30.2. The molecule has 0 atom stereocenters. The van der Waals surface area contributed by atoms with Crippen LogP contribution in [0.4, 0.5) is 34.1 Å². The number of aromatic amines is 1. The van der Waals surface area contributed by atoms with Crippen LogP contribution in [0.25, 0.3) is 22.6 Å². The average molecular weight is 715 g/mol. The molecule has 2 aliphatic heterocycles. The lowest BCUT2D eigenvalue weighted by Gasteiger charge is -2.34. The highest BCUT2D eigenvalue weighted by atomic mass is 35.5. The van der Waals surface area contributed by atoms with Crippen LogP contribution < -0.4 is 20.4 Å². The predicted octanol–water partition coefficient (Wildman–Crippen LogP) is 6.70. The van der Waals surface area contributed by atoms with E-state index < -0.39 is 0 Å². The number of hydrogen-bond acceptors (Lipinski definition) is 9. The summed E-state index contributed by atoms with van der Waals surface area (Å²) in [5.74, 6) is 0. The molecule has 13 heteroatoms. The molecule has 12 nitrogen and oxygen atoms in total. The van der Waals surface area contributed by atoms with E-state index in [1.807, 2.05) is 47.5 Å². The van der Waals surface area contributed by atoms with E-state index >= 15 is 0 Å². The number of H-pyrrole nitrogens is 1. The molecular formula is C39H43ClN12. The molecule has 0 saturated carbocycles. The Hall–Kier alpha value is -5.56. The maximum atomic E-state index is 6.18. The number of nitrogens with zero attached hydrogens (tertiary/aromatic N) is 9. The van der Waals surface area contributed by atoms with Crippen molar-refractivity contribution < 1.29 is 0 Å². The lowest BCUT2D eigenvalue weighted by atomic mass is 10.2. The van der Waals surface area contributed by atoms with E-state index in [0.29, 0.717) is 5.15 Å². The molecule has 7 heterocycles. The van der Waals surface area contributed by atoms with Crippen LogP contribution in [-0.2, 0) is 0 Å². The van der Waals surface area contributed by atoms with Crippen LogP contribution >= 0.6 is 11.6 Å². The maximum absolute atomic E-state index is 6.18. The van der Waals surface area contributed by atoms with Gasteiger partial charge in [-0.25, -0.2) is 9.97 Å². The fraction of sp³-hybridized carbons (Fsp3) is 0.256.